The van der Waals surface area contributed by atoms with Crippen molar-refractivity contribution in [3.63, 3.8) is 0 Å². The van der Waals surface area contributed by atoms with Gasteiger partial charge < -0.3 is 18.0 Å². The normalized spacial score (nSPS) is 11.8. The maximum Gasteiger partial charge on any atom is 0.180 e. The summed E-state index contributed by atoms with van der Waals surface area (Å²) in [6, 6.07) is 128. The molecule has 106 heavy (non-hydrogen) atoms. The number of para-hydroxylation sites is 4. The van der Waals surface area contributed by atoms with Gasteiger partial charge in [0, 0.05) is 65.9 Å². The summed E-state index contributed by atoms with van der Waals surface area (Å²) < 4.78 is 18.2. The van der Waals surface area contributed by atoms with E-state index in [-0.39, 0.29) is 0 Å². The fourth-order valence-corrected chi connectivity index (χ4v) is 15.9. The van der Waals surface area contributed by atoms with E-state index < -0.39 is 0 Å². The molecule has 22 aromatic rings. The lowest BCUT2D eigenvalue weighted by Crippen LogP contribution is -1.94. The summed E-state index contributed by atoms with van der Waals surface area (Å²) >= 11 is 0. The third-order valence-corrected chi connectivity index (χ3v) is 21.0. The third kappa shape index (κ3) is 10.2. The van der Waals surface area contributed by atoms with Gasteiger partial charge in [-0.25, -0.2) is 19.9 Å². The molecule has 8 nitrogen and oxygen atoms in total. The second-order valence-corrected chi connectivity index (χ2v) is 27.2. The molecule has 22 rings (SSSR count). The molecule has 6 heterocycles. The van der Waals surface area contributed by atoms with E-state index in [4.69, 9.17) is 28.8 Å². The van der Waals surface area contributed by atoms with E-state index in [1.165, 1.54) is 76.3 Å². The van der Waals surface area contributed by atoms with Crippen LogP contribution in [0.3, 0.4) is 0 Å². The number of nitrogens with zero attached hydrogens (tertiary/aromatic N) is 6. The number of furan rings is 2. The number of benzene rings is 16. The molecule has 0 aliphatic carbocycles. The summed E-state index contributed by atoms with van der Waals surface area (Å²) in [5.41, 5.74) is 23.8. The average molecular weight is 1350 g/mol. The summed E-state index contributed by atoms with van der Waals surface area (Å²) in [5, 5.41) is 14.1. The Balaban J connectivity index is 0.000000136. The number of aromatic nitrogens is 6. The van der Waals surface area contributed by atoms with Crippen molar-refractivity contribution in [1.29, 1.82) is 0 Å². The molecule has 0 spiro atoms. The molecule has 0 bridgehead atoms. The van der Waals surface area contributed by atoms with Crippen molar-refractivity contribution in [3.8, 4) is 90.0 Å². The van der Waals surface area contributed by atoms with Crippen LogP contribution in [0, 0.1) is 0 Å². The topological polar surface area (TPSA) is 87.7 Å². The van der Waals surface area contributed by atoms with Crippen LogP contribution in [0.15, 0.2) is 373 Å². The van der Waals surface area contributed by atoms with Gasteiger partial charge in [-0.05, 0) is 157 Å². The monoisotopic (exact) mass is 1350 g/mol. The second kappa shape index (κ2) is 24.7. The third-order valence-electron chi connectivity index (χ3n) is 21.0. The highest BCUT2D eigenvalue weighted by molar-refractivity contribution is 6.14. The molecule has 6 aromatic heterocycles. The molecule has 0 N–H and O–H groups in total. The molecular formula is C98H60N6O2. The van der Waals surface area contributed by atoms with Crippen molar-refractivity contribution in [2.75, 3.05) is 0 Å². The van der Waals surface area contributed by atoms with Crippen molar-refractivity contribution in [1.82, 2.24) is 29.1 Å². The molecule has 0 saturated heterocycles. The van der Waals surface area contributed by atoms with Crippen molar-refractivity contribution in [2.45, 2.75) is 0 Å². The van der Waals surface area contributed by atoms with Crippen LogP contribution < -0.4 is 0 Å². The molecule has 494 valence electrons. The zero-order valence-corrected chi connectivity index (χ0v) is 57.1. The Bertz CT molecular complexity index is 7150. The minimum Gasteiger partial charge on any atom is -0.452 e. The van der Waals surface area contributed by atoms with E-state index in [1.54, 1.807) is 0 Å². The van der Waals surface area contributed by atoms with Crippen LogP contribution in [-0.4, -0.2) is 29.1 Å². The summed E-state index contributed by atoms with van der Waals surface area (Å²) in [6.45, 7) is 0. The molecule has 0 aliphatic rings. The van der Waals surface area contributed by atoms with E-state index in [0.717, 1.165) is 111 Å². The number of hydrogen-bond acceptors (Lipinski definition) is 6. The van der Waals surface area contributed by atoms with Crippen molar-refractivity contribution >= 4 is 120 Å². The highest BCUT2D eigenvalue weighted by Crippen LogP contribution is 2.43. The van der Waals surface area contributed by atoms with Crippen LogP contribution in [0.1, 0.15) is 0 Å². The largest absolute Gasteiger partial charge is 0.452 e. The van der Waals surface area contributed by atoms with Gasteiger partial charge in [-0.1, -0.05) is 273 Å². The molecule has 8 heteroatoms. The van der Waals surface area contributed by atoms with Gasteiger partial charge in [0.15, 0.2) is 22.8 Å². The molecule has 16 aromatic carbocycles. The fraction of sp³-hybridized carbons (Fsp3) is 0. The highest BCUT2D eigenvalue weighted by Gasteiger charge is 2.23. The molecule has 0 amide bonds. The van der Waals surface area contributed by atoms with E-state index in [0.29, 0.717) is 22.8 Å². The Morgan fingerprint density at radius 3 is 1.09 bits per heavy atom. The highest BCUT2D eigenvalue weighted by atomic mass is 16.3. The average Bonchev–Trinajstić information content (AvgIpc) is 1.56. The number of hydrogen-bond donors (Lipinski definition) is 0. The Morgan fingerprint density at radius 2 is 0.547 bits per heavy atom. The van der Waals surface area contributed by atoms with E-state index in [9.17, 15) is 0 Å². The maximum atomic E-state index is 6.76. The zero-order chi connectivity index (χ0) is 69.8. The van der Waals surface area contributed by atoms with E-state index >= 15 is 0 Å². The molecule has 0 fully saturated rings. The molecule has 0 saturated carbocycles. The van der Waals surface area contributed by atoms with E-state index in [1.807, 2.05) is 42.5 Å². The van der Waals surface area contributed by atoms with E-state index in [2.05, 4.69) is 331 Å². The first-order valence-corrected chi connectivity index (χ1v) is 35.8. The summed E-state index contributed by atoms with van der Waals surface area (Å²) in [4.78, 5) is 20.6. The SMILES string of the molecule is c1ccc(-c2ccc3cc(-c4nc(-c5ccccc5)nc5c4oc4cc(-c6ccc(-n7c8ccccc8c8ccccc87)cc6)ccc45)ccc3c2)cc1.c1ccc(-c2nc(-c3ccc4c(ccc5ccccc54)c3)c3oc4cc(-c5cccc(-n6c7ccccc7c7ccccc76)c5)ccc4c3n2)cc1. The maximum absolute atomic E-state index is 6.76. The van der Waals surface area contributed by atoms with Gasteiger partial charge in [-0.2, -0.15) is 0 Å². The first kappa shape index (κ1) is 60.4. The predicted molar refractivity (Wildman–Crippen MR) is 438 cm³/mol. The number of fused-ring (bicyclic) bond motifs is 16. The fourth-order valence-electron chi connectivity index (χ4n) is 15.9. The lowest BCUT2D eigenvalue weighted by molar-refractivity contribution is 0.667. The second-order valence-electron chi connectivity index (χ2n) is 27.2. The predicted octanol–water partition coefficient (Wildman–Crippen LogP) is 26.1. The lowest BCUT2D eigenvalue weighted by atomic mass is 9.99. The smallest absolute Gasteiger partial charge is 0.180 e. The van der Waals surface area contributed by atoms with Crippen LogP contribution in [0.5, 0.6) is 0 Å². The van der Waals surface area contributed by atoms with Gasteiger partial charge in [-0.15, -0.1) is 0 Å². The molecule has 0 atom stereocenters. The van der Waals surface area contributed by atoms with Gasteiger partial charge in [0.25, 0.3) is 0 Å². The first-order chi connectivity index (χ1) is 52.5. The van der Waals surface area contributed by atoms with Crippen LogP contribution in [-0.2, 0) is 0 Å². The number of rotatable bonds is 9. The standard InChI is InChI=1S/C50H31N3O.C48H29N3O/c1-3-11-32(12-4-1)35-19-20-37-30-39(22-21-36(37)29-35)47-49-48(52-50(51-47)34-13-5-2-6-14-34)43-28-25-38(31-46(43)54-49)33-23-26-40(27-24-33)53-44-17-9-7-15-41(44)42-16-8-10-18-45(42)53;1-2-12-31(13-3-1)48-49-45(35-24-25-38-34(27-35)22-21-30-11-4-5-16-37(30)38)47-46(50-48)41-26-23-33(29-44(41)52-47)32-14-10-15-36(28-32)51-42-19-8-6-17-39(42)40-18-7-9-20-43(40)51/h1-31H;1-29H. The van der Waals surface area contributed by atoms with Crippen LogP contribution in [0.2, 0.25) is 0 Å². The molecule has 0 aliphatic heterocycles. The van der Waals surface area contributed by atoms with Gasteiger partial charge in [0.1, 0.15) is 33.6 Å². The van der Waals surface area contributed by atoms with Crippen molar-refractivity contribution < 1.29 is 8.83 Å². The zero-order valence-electron chi connectivity index (χ0n) is 57.1. The van der Waals surface area contributed by atoms with Gasteiger partial charge in [-0.3, -0.25) is 0 Å². The minimum atomic E-state index is 0.671. The quantitative estimate of drug-likeness (QED) is 0.134. The summed E-state index contributed by atoms with van der Waals surface area (Å²) in [6.07, 6.45) is 0. The Labute approximate surface area is 608 Å². The summed E-state index contributed by atoms with van der Waals surface area (Å²) in [5.74, 6) is 1.34. The molecule has 0 radical (unpaired) electrons. The van der Waals surface area contributed by atoms with Gasteiger partial charge in [0.05, 0.1) is 22.1 Å². The van der Waals surface area contributed by atoms with Crippen LogP contribution in [0.4, 0.5) is 0 Å². The first-order valence-electron chi connectivity index (χ1n) is 35.8. The Morgan fingerprint density at radius 1 is 0.198 bits per heavy atom. The molecular weight excluding hydrogens is 1290 g/mol. The van der Waals surface area contributed by atoms with Gasteiger partial charge >= 0.3 is 0 Å². The lowest BCUT2D eigenvalue weighted by Gasteiger charge is -2.10. The van der Waals surface area contributed by atoms with Crippen molar-refractivity contribution in [3.05, 3.63) is 364 Å². The Hall–Kier alpha value is -14.3. The molecule has 0 unspecified atom stereocenters. The van der Waals surface area contributed by atoms with Crippen LogP contribution in [0.25, 0.3) is 210 Å². The minimum absolute atomic E-state index is 0.671. The van der Waals surface area contributed by atoms with Crippen molar-refractivity contribution in [2.24, 2.45) is 0 Å². The van der Waals surface area contributed by atoms with Crippen LogP contribution >= 0.6 is 0 Å². The summed E-state index contributed by atoms with van der Waals surface area (Å²) in [7, 11) is 0. The van der Waals surface area contributed by atoms with Gasteiger partial charge in [0.2, 0.25) is 0 Å². The Kier molecular flexibility index (Phi) is 14.1.